The van der Waals surface area contributed by atoms with Gasteiger partial charge in [-0.1, -0.05) is 24.1 Å². The molecule has 2 aromatic carbocycles. The third kappa shape index (κ3) is 5.21. The first-order valence-corrected chi connectivity index (χ1v) is 13.3. The van der Waals surface area contributed by atoms with Gasteiger partial charge < -0.3 is 24.8 Å². The zero-order chi connectivity index (χ0) is 27.0. The highest BCUT2D eigenvalue weighted by Gasteiger charge is 2.36. The van der Waals surface area contributed by atoms with Crippen LogP contribution in [-0.4, -0.2) is 70.3 Å². The number of benzene rings is 2. The van der Waals surface area contributed by atoms with E-state index >= 15 is 0 Å². The van der Waals surface area contributed by atoms with E-state index in [9.17, 15) is 23.1 Å². The molecule has 0 aliphatic carbocycles. The molecule has 0 saturated carbocycles. The minimum Gasteiger partial charge on any atom is -0.394 e. The lowest BCUT2D eigenvalue weighted by atomic mass is 10.0. The van der Waals surface area contributed by atoms with Gasteiger partial charge in [-0.25, -0.2) is 4.98 Å². The van der Waals surface area contributed by atoms with Crippen LogP contribution in [0.15, 0.2) is 42.7 Å². The topological polar surface area (TPSA) is 73.6 Å². The summed E-state index contributed by atoms with van der Waals surface area (Å²) in [6.45, 7) is 3.91. The molecule has 2 aliphatic rings. The molecule has 3 atom stereocenters. The van der Waals surface area contributed by atoms with Gasteiger partial charge in [-0.05, 0) is 62.2 Å². The normalized spacial score (nSPS) is 21.6. The summed E-state index contributed by atoms with van der Waals surface area (Å²) in [6.07, 6.45) is -0.106. The molecule has 2 fully saturated rings. The molecule has 11 heteroatoms. The van der Waals surface area contributed by atoms with Gasteiger partial charge in [0.1, 0.15) is 0 Å². The Morgan fingerprint density at radius 2 is 2.03 bits per heavy atom. The number of anilines is 1. The van der Waals surface area contributed by atoms with E-state index in [2.05, 4.69) is 15.2 Å². The van der Waals surface area contributed by atoms with Crippen molar-refractivity contribution < 1.29 is 23.1 Å². The number of imidazole rings is 1. The van der Waals surface area contributed by atoms with E-state index in [1.807, 2.05) is 18.2 Å². The van der Waals surface area contributed by atoms with Crippen molar-refractivity contribution in [3.63, 3.8) is 0 Å². The van der Waals surface area contributed by atoms with Crippen molar-refractivity contribution >= 4 is 34.2 Å². The highest BCUT2D eigenvalue weighted by atomic mass is 35.5. The fourth-order valence-corrected chi connectivity index (χ4v) is 5.78. The largest absolute Gasteiger partial charge is 0.416 e. The summed E-state index contributed by atoms with van der Waals surface area (Å²) in [7, 11) is 0. The Kier molecular flexibility index (Phi) is 7.57. The van der Waals surface area contributed by atoms with Gasteiger partial charge in [0.25, 0.3) is 0 Å². The van der Waals surface area contributed by atoms with Crippen LogP contribution in [0.25, 0.3) is 11.0 Å². The number of carbonyl (C=O) groups is 1. The molecule has 7 nitrogen and oxygen atoms in total. The number of hydrogen-bond acceptors (Lipinski definition) is 5. The maximum Gasteiger partial charge on any atom is 0.416 e. The maximum absolute atomic E-state index is 13.8. The number of nitrogens with one attached hydrogen (secondary N) is 1. The van der Waals surface area contributed by atoms with Crippen LogP contribution in [-0.2, 0) is 11.0 Å². The maximum atomic E-state index is 13.8. The number of aliphatic hydroxyl groups excluding tert-OH is 1. The second-order valence-corrected chi connectivity index (χ2v) is 10.5. The average Bonchev–Trinajstić information content (AvgIpc) is 3.35. The van der Waals surface area contributed by atoms with Gasteiger partial charge >= 0.3 is 6.18 Å². The Morgan fingerprint density at radius 3 is 2.74 bits per heavy atom. The summed E-state index contributed by atoms with van der Waals surface area (Å²) in [5.74, 6) is 0.0363. The molecule has 2 saturated heterocycles. The summed E-state index contributed by atoms with van der Waals surface area (Å²) in [5.41, 5.74) is 1.56. The first-order valence-electron chi connectivity index (χ1n) is 12.9. The number of hydrogen-bond donors (Lipinski definition) is 2. The number of piperazine rings is 1. The van der Waals surface area contributed by atoms with Gasteiger partial charge in [0.15, 0.2) is 0 Å². The quantitative estimate of drug-likeness (QED) is 0.491. The number of halogens is 4. The molecule has 2 aliphatic heterocycles. The molecule has 0 bridgehead atoms. The van der Waals surface area contributed by atoms with E-state index in [-0.39, 0.29) is 35.2 Å². The standard InChI is InChI=1S/C27H31ClF3N5O2/c1-17(21-7-5-18(28)12-22(21)27(29,30)31)36-16-33-23-8-6-19(13-25(23)36)34-10-11-35(20(14-34)15-37)26(38)24-4-2-3-9-32-24/h5-8,12-13,16-17,20,24,32,37H,2-4,9-11,14-15H2,1H3. The van der Waals surface area contributed by atoms with Crippen molar-refractivity contribution in [2.75, 3.05) is 37.7 Å². The van der Waals surface area contributed by atoms with Crippen LogP contribution in [0.1, 0.15) is 43.4 Å². The van der Waals surface area contributed by atoms with Crippen LogP contribution < -0.4 is 10.2 Å². The van der Waals surface area contributed by atoms with Gasteiger partial charge in [0.05, 0.1) is 47.7 Å². The van der Waals surface area contributed by atoms with E-state index in [4.69, 9.17) is 11.6 Å². The summed E-state index contributed by atoms with van der Waals surface area (Å²) < 4.78 is 43.1. The number of aromatic nitrogens is 2. The van der Waals surface area contributed by atoms with Crippen LogP contribution in [0.4, 0.5) is 18.9 Å². The van der Waals surface area contributed by atoms with E-state index < -0.39 is 17.8 Å². The summed E-state index contributed by atoms with van der Waals surface area (Å²) >= 11 is 5.88. The molecule has 2 N–H and O–H groups in total. The zero-order valence-electron chi connectivity index (χ0n) is 21.1. The first-order chi connectivity index (χ1) is 18.2. The van der Waals surface area contributed by atoms with Crippen LogP contribution in [0.3, 0.4) is 0 Å². The predicted molar refractivity (Wildman–Crippen MR) is 140 cm³/mol. The zero-order valence-corrected chi connectivity index (χ0v) is 21.8. The Morgan fingerprint density at radius 1 is 1.21 bits per heavy atom. The number of amides is 1. The summed E-state index contributed by atoms with van der Waals surface area (Å²) in [4.78, 5) is 21.4. The van der Waals surface area contributed by atoms with Gasteiger partial charge in [0.2, 0.25) is 5.91 Å². The van der Waals surface area contributed by atoms with E-state index in [0.29, 0.717) is 30.7 Å². The van der Waals surface area contributed by atoms with Crippen molar-refractivity contribution in [3.8, 4) is 0 Å². The molecule has 3 aromatic rings. The number of aliphatic hydroxyl groups is 1. The molecule has 1 aromatic heterocycles. The summed E-state index contributed by atoms with van der Waals surface area (Å²) in [6, 6.07) is 8.31. The molecular formula is C27H31ClF3N5O2. The minimum atomic E-state index is -4.54. The van der Waals surface area contributed by atoms with Crippen molar-refractivity contribution in [1.29, 1.82) is 0 Å². The average molecular weight is 550 g/mol. The van der Waals surface area contributed by atoms with Gasteiger partial charge in [-0.3, -0.25) is 4.79 Å². The molecule has 0 spiro atoms. The van der Waals surface area contributed by atoms with Gasteiger partial charge in [-0.15, -0.1) is 0 Å². The fraction of sp³-hybridized carbons (Fsp3) is 0.481. The van der Waals surface area contributed by atoms with E-state index in [1.54, 1.807) is 22.7 Å². The molecule has 0 radical (unpaired) electrons. The molecular weight excluding hydrogens is 519 g/mol. The highest BCUT2D eigenvalue weighted by molar-refractivity contribution is 6.30. The molecule has 5 rings (SSSR count). The highest BCUT2D eigenvalue weighted by Crippen LogP contribution is 2.38. The Bertz CT molecular complexity index is 1310. The van der Waals surface area contributed by atoms with Crippen molar-refractivity contribution in [2.45, 2.75) is 50.5 Å². The monoisotopic (exact) mass is 549 g/mol. The number of piperidine rings is 1. The van der Waals surface area contributed by atoms with Crippen LogP contribution in [0, 0.1) is 0 Å². The fourth-order valence-electron chi connectivity index (χ4n) is 5.61. The van der Waals surface area contributed by atoms with E-state index in [1.165, 1.54) is 12.1 Å². The van der Waals surface area contributed by atoms with Crippen LogP contribution in [0.2, 0.25) is 5.02 Å². The summed E-state index contributed by atoms with van der Waals surface area (Å²) in [5, 5.41) is 13.4. The number of rotatable bonds is 5. The van der Waals surface area contributed by atoms with Crippen LogP contribution in [0.5, 0.6) is 0 Å². The number of carbonyl (C=O) groups excluding carboxylic acids is 1. The van der Waals surface area contributed by atoms with E-state index in [0.717, 1.165) is 37.6 Å². The Balaban J connectivity index is 1.40. The SMILES string of the molecule is CC(c1ccc(Cl)cc1C(F)(F)F)n1cnc2ccc(N3CCN(C(=O)C4CCCCN4)C(CO)C3)cc21. The molecule has 204 valence electrons. The molecule has 3 heterocycles. The molecule has 1 amide bonds. The number of fused-ring (bicyclic) bond motifs is 1. The third-order valence-electron chi connectivity index (χ3n) is 7.70. The lowest BCUT2D eigenvalue weighted by molar-refractivity contribution is -0.139. The predicted octanol–water partition coefficient (Wildman–Crippen LogP) is 4.47. The lowest BCUT2D eigenvalue weighted by Gasteiger charge is -2.43. The van der Waals surface area contributed by atoms with Crippen molar-refractivity contribution in [3.05, 3.63) is 58.9 Å². The lowest BCUT2D eigenvalue weighted by Crippen LogP contribution is -2.60. The van der Waals surface area contributed by atoms with Crippen LogP contribution >= 0.6 is 11.6 Å². The van der Waals surface area contributed by atoms with Crippen molar-refractivity contribution in [1.82, 2.24) is 19.8 Å². The Labute approximate surface area is 224 Å². The Hall–Kier alpha value is -2.82. The second kappa shape index (κ2) is 10.7. The first kappa shape index (κ1) is 26.8. The number of alkyl halides is 3. The smallest absolute Gasteiger partial charge is 0.394 e. The molecule has 3 unspecified atom stereocenters. The second-order valence-electron chi connectivity index (χ2n) is 10.0. The molecule has 38 heavy (non-hydrogen) atoms. The third-order valence-corrected chi connectivity index (χ3v) is 7.93. The van der Waals surface area contributed by atoms with Crippen molar-refractivity contribution in [2.24, 2.45) is 0 Å². The number of nitrogens with zero attached hydrogens (tertiary/aromatic N) is 4. The van der Waals surface area contributed by atoms with Gasteiger partial charge in [-0.2, -0.15) is 13.2 Å². The minimum absolute atomic E-state index is 0.0291. The van der Waals surface area contributed by atoms with Gasteiger partial charge in [0, 0.05) is 30.3 Å².